The number of rotatable bonds is 8. The van der Waals surface area contributed by atoms with Gasteiger partial charge in [0.2, 0.25) is 0 Å². The quantitative estimate of drug-likeness (QED) is 0.565. The molecular formula is C23H23FN2O4S. The average molecular weight is 443 g/mol. The Morgan fingerprint density at radius 2 is 1.58 bits per heavy atom. The van der Waals surface area contributed by atoms with Crippen molar-refractivity contribution in [3.05, 3.63) is 89.7 Å². The largest absolute Gasteiger partial charge is 0.494 e. The lowest BCUT2D eigenvalue weighted by Gasteiger charge is -2.18. The number of hydrogen-bond acceptors (Lipinski definition) is 4. The molecule has 1 amide bonds. The smallest absolute Gasteiger partial charge is 0.261 e. The van der Waals surface area contributed by atoms with Gasteiger partial charge in [-0.25, -0.2) is 12.8 Å². The molecule has 0 spiro atoms. The normalized spacial score (nSPS) is 11.1. The predicted molar refractivity (Wildman–Crippen MR) is 117 cm³/mol. The molecule has 0 heterocycles. The fourth-order valence-corrected chi connectivity index (χ4v) is 3.99. The Bertz CT molecular complexity index is 1130. The molecule has 0 aromatic heterocycles. The number of benzene rings is 3. The molecule has 0 aliphatic rings. The van der Waals surface area contributed by atoms with E-state index < -0.39 is 15.8 Å². The van der Waals surface area contributed by atoms with Crippen LogP contribution in [0.4, 0.5) is 10.1 Å². The monoisotopic (exact) mass is 442 g/mol. The zero-order valence-electron chi connectivity index (χ0n) is 17.2. The third kappa shape index (κ3) is 5.82. The van der Waals surface area contributed by atoms with Crippen LogP contribution in [0.3, 0.4) is 0 Å². The topological polar surface area (TPSA) is 75.7 Å². The maximum absolute atomic E-state index is 13.0. The molecule has 8 heteroatoms. The molecule has 31 heavy (non-hydrogen) atoms. The number of nitrogens with one attached hydrogen (secondary N) is 1. The predicted octanol–water partition coefficient (Wildman–Crippen LogP) is 4.30. The van der Waals surface area contributed by atoms with Gasteiger partial charge in [-0.1, -0.05) is 12.1 Å². The van der Waals surface area contributed by atoms with Crippen LogP contribution in [0.5, 0.6) is 5.75 Å². The molecule has 1 N–H and O–H groups in total. The molecule has 0 fully saturated rings. The zero-order chi connectivity index (χ0) is 22.4. The first-order valence-corrected chi connectivity index (χ1v) is 11.1. The molecule has 0 aliphatic carbocycles. The molecule has 0 bridgehead atoms. The summed E-state index contributed by atoms with van der Waals surface area (Å²) in [6.45, 7) is 2.90. The summed E-state index contributed by atoms with van der Waals surface area (Å²) in [6.07, 6.45) is 0. The first kappa shape index (κ1) is 22.3. The first-order chi connectivity index (χ1) is 14.8. The molecule has 3 aromatic rings. The van der Waals surface area contributed by atoms with Gasteiger partial charge in [-0.05, 0) is 73.2 Å². The molecule has 0 aliphatic heterocycles. The van der Waals surface area contributed by atoms with Crippen LogP contribution in [0.1, 0.15) is 22.8 Å². The number of carbonyl (C=O) groups is 1. The van der Waals surface area contributed by atoms with Crippen LogP contribution in [0.2, 0.25) is 0 Å². The molecule has 0 saturated heterocycles. The molecular weight excluding hydrogens is 419 g/mol. The highest BCUT2D eigenvalue weighted by Crippen LogP contribution is 2.18. The first-order valence-electron chi connectivity index (χ1n) is 9.64. The highest BCUT2D eigenvalue weighted by atomic mass is 32.2. The van der Waals surface area contributed by atoms with Crippen LogP contribution in [0.15, 0.2) is 77.7 Å². The molecule has 3 rings (SSSR count). The number of halogens is 1. The Kier molecular flexibility index (Phi) is 6.91. The van der Waals surface area contributed by atoms with Gasteiger partial charge in [0.25, 0.3) is 15.9 Å². The van der Waals surface area contributed by atoms with Gasteiger partial charge < -0.3 is 9.64 Å². The summed E-state index contributed by atoms with van der Waals surface area (Å²) in [7, 11) is -2.18. The van der Waals surface area contributed by atoms with Gasteiger partial charge in [0, 0.05) is 24.8 Å². The van der Waals surface area contributed by atoms with E-state index in [1.54, 1.807) is 11.9 Å². The van der Waals surface area contributed by atoms with Crippen molar-refractivity contribution < 1.29 is 22.3 Å². The van der Waals surface area contributed by atoms with E-state index in [-0.39, 0.29) is 16.5 Å². The Morgan fingerprint density at radius 1 is 0.968 bits per heavy atom. The Labute approximate surface area is 181 Å². The molecule has 0 atom stereocenters. The summed E-state index contributed by atoms with van der Waals surface area (Å²) in [4.78, 5) is 14.3. The maximum Gasteiger partial charge on any atom is 0.261 e. The maximum atomic E-state index is 13.0. The standard InChI is InChI=1S/C23H23FN2O4S/c1-3-30-21-12-4-17(5-13-21)16-26(2)23(27)18-6-14-22(15-7-18)31(28,29)25-20-10-8-19(24)9-11-20/h4-15,25H,3,16H2,1-2H3. The molecule has 3 aromatic carbocycles. The Morgan fingerprint density at radius 3 is 2.16 bits per heavy atom. The van der Waals surface area contributed by atoms with Gasteiger partial charge in [0.05, 0.1) is 11.5 Å². The molecule has 6 nitrogen and oxygen atoms in total. The third-order valence-corrected chi connectivity index (χ3v) is 5.91. The van der Waals surface area contributed by atoms with Gasteiger partial charge in [-0.3, -0.25) is 9.52 Å². The van der Waals surface area contributed by atoms with E-state index in [0.717, 1.165) is 11.3 Å². The van der Waals surface area contributed by atoms with E-state index in [1.807, 2.05) is 31.2 Å². The van der Waals surface area contributed by atoms with Crippen LogP contribution in [-0.4, -0.2) is 32.9 Å². The average Bonchev–Trinajstić information content (AvgIpc) is 2.76. The lowest BCUT2D eigenvalue weighted by Crippen LogP contribution is -2.26. The second-order valence-corrected chi connectivity index (χ2v) is 8.56. The van der Waals surface area contributed by atoms with Crippen LogP contribution < -0.4 is 9.46 Å². The highest BCUT2D eigenvalue weighted by Gasteiger charge is 2.17. The number of ether oxygens (including phenoxy) is 1. The lowest BCUT2D eigenvalue weighted by molar-refractivity contribution is 0.0785. The van der Waals surface area contributed by atoms with Crippen molar-refractivity contribution in [2.45, 2.75) is 18.4 Å². The number of anilines is 1. The summed E-state index contributed by atoms with van der Waals surface area (Å²) in [5.41, 5.74) is 1.56. The minimum atomic E-state index is -3.86. The number of hydrogen-bond donors (Lipinski definition) is 1. The van der Waals surface area contributed by atoms with Crippen LogP contribution in [0.25, 0.3) is 0 Å². The number of nitrogens with zero attached hydrogens (tertiary/aromatic N) is 1. The molecule has 0 saturated carbocycles. The summed E-state index contributed by atoms with van der Waals surface area (Å²) >= 11 is 0. The highest BCUT2D eigenvalue weighted by molar-refractivity contribution is 7.92. The van der Waals surface area contributed by atoms with Crippen molar-refractivity contribution in [3.63, 3.8) is 0 Å². The number of carbonyl (C=O) groups excluding carboxylic acids is 1. The van der Waals surface area contributed by atoms with E-state index in [0.29, 0.717) is 18.7 Å². The summed E-state index contributed by atoms with van der Waals surface area (Å²) in [6, 6.07) is 18.2. The van der Waals surface area contributed by atoms with Crippen molar-refractivity contribution in [2.75, 3.05) is 18.4 Å². The third-order valence-electron chi connectivity index (χ3n) is 4.51. The van der Waals surface area contributed by atoms with Gasteiger partial charge in [-0.2, -0.15) is 0 Å². The zero-order valence-corrected chi connectivity index (χ0v) is 18.0. The van der Waals surface area contributed by atoms with E-state index in [4.69, 9.17) is 4.74 Å². The molecule has 0 unspecified atom stereocenters. The van der Waals surface area contributed by atoms with Gasteiger partial charge in [0.15, 0.2) is 0 Å². The van der Waals surface area contributed by atoms with Gasteiger partial charge in [-0.15, -0.1) is 0 Å². The van der Waals surface area contributed by atoms with Crippen molar-refractivity contribution in [2.24, 2.45) is 0 Å². The second-order valence-electron chi connectivity index (χ2n) is 6.87. The fraction of sp³-hybridized carbons (Fsp3) is 0.174. The fourth-order valence-electron chi connectivity index (χ4n) is 2.93. The van der Waals surface area contributed by atoms with Crippen LogP contribution in [0, 0.1) is 5.82 Å². The summed E-state index contributed by atoms with van der Waals surface area (Å²) < 4.78 is 45.8. The Balaban J connectivity index is 1.66. The summed E-state index contributed by atoms with van der Waals surface area (Å²) in [5.74, 6) is 0.0794. The molecule has 0 radical (unpaired) electrons. The molecule has 162 valence electrons. The lowest BCUT2D eigenvalue weighted by atomic mass is 10.1. The van der Waals surface area contributed by atoms with E-state index in [1.165, 1.54) is 48.5 Å². The van der Waals surface area contributed by atoms with Crippen molar-refractivity contribution in [1.29, 1.82) is 0 Å². The van der Waals surface area contributed by atoms with E-state index in [9.17, 15) is 17.6 Å². The number of sulfonamides is 1. The van der Waals surface area contributed by atoms with E-state index >= 15 is 0 Å². The van der Waals surface area contributed by atoms with Crippen LogP contribution >= 0.6 is 0 Å². The Hall–Kier alpha value is -3.39. The van der Waals surface area contributed by atoms with Gasteiger partial charge in [0.1, 0.15) is 11.6 Å². The van der Waals surface area contributed by atoms with Gasteiger partial charge >= 0.3 is 0 Å². The van der Waals surface area contributed by atoms with Crippen LogP contribution in [-0.2, 0) is 16.6 Å². The number of amides is 1. The van der Waals surface area contributed by atoms with E-state index in [2.05, 4.69) is 4.72 Å². The summed E-state index contributed by atoms with van der Waals surface area (Å²) in [5, 5.41) is 0. The van der Waals surface area contributed by atoms with Crippen molar-refractivity contribution >= 4 is 21.6 Å². The minimum Gasteiger partial charge on any atom is -0.494 e. The minimum absolute atomic E-state index is 0.00235. The second kappa shape index (κ2) is 9.61. The van der Waals surface area contributed by atoms with Crippen molar-refractivity contribution in [3.8, 4) is 5.75 Å². The van der Waals surface area contributed by atoms with Crippen molar-refractivity contribution in [1.82, 2.24) is 4.90 Å². The SMILES string of the molecule is CCOc1ccc(CN(C)C(=O)c2ccc(S(=O)(=O)Nc3ccc(F)cc3)cc2)cc1.